The molecule has 0 fully saturated rings. The molecule has 1 N–H and O–H groups in total. The van der Waals surface area contributed by atoms with Gasteiger partial charge in [-0.15, -0.1) is 0 Å². The van der Waals surface area contributed by atoms with Gasteiger partial charge in [0, 0.05) is 19.3 Å². The van der Waals surface area contributed by atoms with Crippen LogP contribution in [0.15, 0.2) is 9.95 Å². The Morgan fingerprint density at radius 1 is 1.42 bits per heavy atom. The molecule has 19 heavy (non-hydrogen) atoms. The quantitative estimate of drug-likeness (QED) is 0.696. The minimum Gasteiger partial charge on any atom is -0.329 e. The van der Waals surface area contributed by atoms with Gasteiger partial charge in [-0.05, 0) is 6.42 Å². The number of H-pyrrole nitrogens is 1. The summed E-state index contributed by atoms with van der Waals surface area (Å²) in [5.74, 6) is 0. The van der Waals surface area contributed by atoms with Crippen LogP contribution in [0.1, 0.15) is 26.7 Å². The van der Waals surface area contributed by atoms with Gasteiger partial charge in [-0.3, -0.25) is 9.13 Å². The van der Waals surface area contributed by atoms with E-state index in [2.05, 4.69) is 23.8 Å². The van der Waals surface area contributed by atoms with E-state index in [4.69, 9.17) is 12.2 Å². The van der Waals surface area contributed by atoms with E-state index in [-0.39, 0.29) is 5.69 Å². The third-order valence-corrected chi connectivity index (χ3v) is 4.61. The van der Waals surface area contributed by atoms with E-state index in [9.17, 15) is 4.79 Å². The van der Waals surface area contributed by atoms with E-state index < -0.39 is 0 Å². The highest BCUT2D eigenvalue weighted by molar-refractivity contribution is 7.99. The fourth-order valence-electron chi connectivity index (χ4n) is 2.02. The molecule has 0 amide bonds. The average Bonchev–Trinajstić information content (AvgIpc) is 2.78. The van der Waals surface area contributed by atoms with Gasteiger partial charge in [-0.2, -0.15) is 0 Å². The molecule has 0 spiro atoms. The first-order valence-electron chi connectivity index (χ1n) is 6.28. The third kappa shape index (κ3) is 2.62. The van der Waals surface area contributed by atoms with Crippen molar-refractivity contribution in [3.63, 3.8) is 0 Å². The number of fused-ring (bicyclic) bond motifs is 1. The van der Waals surface area contributed by atoms with Gasteiger partial charge in [-0.25, -0.2) is 9.78 Å². The largest absolute Gasteiger partial charge is 0.330 e. The summed E-state index contributed by atoms with van der Waals surface area (Å²) in [4.78, 5) is 19.7. The van der Waals surface area contributed by atoms with Crippen LogP contribution in [0.5, 0.6) is 0 Å². The standard InChI is InChI=1S/C12H18N4OS2/c1-5-6-7(2)19-11-13-8-9(14-11)15(3)12(17)16(4)10(8)18/h7H,5-6H2,1-4H3,(H,13,14)/t7-/m1/s1. The second kappa shape index (κ2) is 5.50. The van der Waals surface area contributed by atoms with Crippen LogP contribution < -0.4 is 5.69 Å². The maximum Gasteiger partial charge on any atom is 0.330 e. The molecule has 0 radical (unpaired) electrons. The minimum absolute atomic E-state index is 0.151. The van der Waals surface area contributed by atoms with Crippen LogP contribution in [0.4, 0.5) is 0 Å². The SMILES string of the molecule is CCC[C@@H](C)Sc1nc2c([nH]1)c(=S)n(C)c(=O)n2C. The number of nitrogens with one attached hydrogen (secondary N) is 1. The summed E-state index contributed by atoms with van der Waals surface area (Å²) in [5.41, 5.74) is 1.23. The average molecular weight is 298 g/mol. The first kappa shape index (κ1) is 14.3. The molecular weight excluding hydrogens is 280 g/mol. The first-order valence-corrected chi connectivity index (χ1v) is 7.56. The molecular formula is C12H18N4OS2. The zero-order valence-corrected chi connectivity index (χ0v) is 13.2. The van der Waals surface area contributed by atoms with Crippen LogP contribution >= 0.6 is 24.0 Å². The molecule has 2 heterocycles. The lowest BCUT2D eigenvalue weighted by Crippen LogP contribution is -2.27. The Morgan fingerprint density at radius 3 is 2.74 bits per heavy atom. The van der Waals surface area contributed by atoms with Crippen LogP contribution in [0, 0.1) is 4.64 Å². The molecule has 0 aliphatic heterocycles. The topological polar surface area (TPSA) is 55.6 Å². The van der Waals surface area contributed by atoms with Crippen molar-refractivity contribution in [2.75, 3.05) is 0 Å². The van der Waals surface area contributed by atoms with Crippen molar-refractivity contribution >= 4 is 35.1 Å². The maximum absolute atomic E-state index is 11.9. The van der Waals surface area contributed by atoms with Gasteiger partial charge >= 0.3 is 5.69 Å². The molecule has 0 saturated heterocycles. The van der Waals surface area contributed by atoms with Gasteiger partial charge in [0.05, 0.1) is 0 Å². The fraction of sp³-hybridized carbons (Fsp3) is 0.583. The molecule has 0 unspecified atom stereocenters. The number of rotatable bonds is 4. The van der Waals surface area contributed by atoms with Crippen molar-refractivity contribution in [2.45, 2.75) is 37.1 Å². The minimum atomic E-state index is -0.151. The Morgan fingerprint density at radius 2 is 2.11 bits per heavy atom. The molecule has 2 rings (SSSR count). The molecule has 104 valence electrons. The lowest BCUT2D eigenvalue weighted by molar-refractivity contribution is 0.721. The number of thioether (sulfide) groups is 1. The second-order valence-corrected chi connectivity index (χ2v) is 6.48. The third-order valence-electron chi connectivity index (χ3n) is 3.08. The first-order chi connectivity index (χ1) is 8.95. The van der Waals surface area contributed by atoms with Crippen molar-refractivity contribution in [2.24, 2.45) is 14.1 Å². The van der Waals surface area contributed by atoms with E-state index in [1.165, 1.54) is 9.13 Å². The summed E-state index contributed by atoms with van der Waals surface area (Å²) in [6.45, 7) is 4.34. The van der Waals surface area contributed by atoms with Crippen molar-refractivity contribution < 1.29 is 0 Å². The van der Waals surface area contributed by atoms with Crippen molar-refractivity contribution in [3.05, 3.63) is 15.1 Å². The van der Waals surface area contributed by atoms with Gasteiger partial charge in [0.1, 0.15) is 10.2 Å². The van der Waals surface area contributed by atoms with Crippen LogP contribution in [0.25, 0.3) is 11.2 Å². The molecule has 1 atom stereocenters. The van der Waals surface area contributed by atoms with Crippen molar-refractivity contribution in [1.82, 2.24) is 19.1 Å². The Hall–Kier alpha value is -1.08. The monoisotopic (exact) mass is 298 g/mol. The van der Waals surface area contributed by atoms with Gasteiger partial charge in [-0.1, -0.05) is 44.2 Å². The normalized spacial score (nSPS) is 13.1. The Labute approximate surface area is 121 Å². The molecule has 0 aliphatic carbocycles. The van der Waals surface area contributed by atoms with E-state index in [1.807, 2.05) is 0 Å². The number of nitrogens with zero attached hydrogens (tertiary/aromatic N) is 3. The van der Waals surface area contributed by atoms with Gasteiger partial charge in [0.25, 0.3) is 0 Å². The van der Waals surface area contributed by atoms with Gasteiger partial charge in [0.2, 0.25) is 0 Å². The van der Waals surface area contributed by atoms with Crippen molar-refractivity contribution in [3.8, 4) is 0 Å². The van der Waals surface area contributed by atoms with Gasteiger partial charge in [0.15, 0.2) is 10.8 Å². The number of aromatic amines is 1. The number of hydrogen-bond acceptors (Lipinski definition) is 4. The summed E-state index contributed by atoms with van der Waals surface area (Å²) < 4.78 is 3.48. The highest BCUT2D eigenvalue weighted by Gasteiger charge is 2.13. The van der Waals surface area contributed by atoms with E-state index >= 15 is 0 Å². The van der Waals surface area contributed by atoms with Crippen LogP contribution in [-0.4, -0.2) is 24.4 Å². The Bertz CT molecular complexity index is 713. The van der Waals surface area contributed by atoms with Crippen LogP contribution in [-0.2, 0) is 14.1 Å². The van der Waals surface area contributed by atoms with Crippen molar-refractivity contribution in [1.29, 1.82) is 0 Å². The lowest BCUT2D eigenvalue weighted by atomic mass is 10.3. The molecule has 0 saturated carbocycles. The summed E-state index contributed by atoms with van der Waals surface area (Å²) >= 11 is 6.97. The Kier molecular flexibility index (Phi) is 4.15. The van der Waals surface area contributed by atoms with Gasteiger partial charge < -0.3 is 4.98 Å². The predicted octanol–water partition coefficient (Wildman–Crippen LogP) is 2.61. The predicted molar refractivity (Wildman–Crippen MR) is 81.4 cm³/mol. The highest BCUT2D eigenvalue weighted by Crippen LogP contribution is 2.25. The summed E-state index contributed by atoms with van der Waals surface area (Å²) in [7, 11) is 3.39. The molecule has 0 bridgehead atoms. The Balaban J connectivity index is 2.52. The molecule has 2 aromatic rings. The molecule has 0 aliphatic rings. The van der Waals surface area contributed by atoms with Crippen LogP contribution in [0.3, 0.4) is 0 Å². The maximum atomic E-state index is 11.9. The fourth-order valence-corrected chi connectivity index (χ4v) is 3.27. The van der Waals surface area contributed by atoms with E-state index in [0.717, 1.165) is 23.5 Å². The number of imidazole rings is 1. The summed E-state index contributed by atoms with van der Waals surface area (Å²) in [6, 6.07) is 0. The molecule has 2 aromatic heterocycles. The van der Waals surface area contributed by atoms with Crippen LogP contribution in [0.2, 0.25) is 0 Å². The zero-order chi connectivity index (χ0) is 14.2. The van der Waals surface area contributed by atoms with E-state index in [1.54, 1.807) is 25.9 Å². The highest BCUT2D eigenvalue weighted by atomic mass is 32.2. The number of aryl methyl sites for hydroxylation is 1. The number of hydrogen-bond donors (Lipinski definition) is 1. The summed E-state index contributed by atoms with van der Waals surface area (Å²) in [6.07, 6.45) is 2.28. The number of aromatic nitrogens is 4. The lowest BCUT2D eigenvalue weighted by Gasteiger charge is -2.05. The molecule has 0 aromatic carbocycles. The molecule has 5 nitrogen and oxygen atoms in total. The molecule has 7 heteroatoms. The van der Waals surface area contributed by atoms with E-state index in [0.29, 0.717) is 15.5 Å². The smallest absolute Gasteiger partial charge is 0.329 e. The summed E-state index contributed by atoms with van der Waals surface area (Å²) in [5, 5.41) is 1.31. The second-order valence-electron chi connectivity index (χ2n) is 4.66. The zero-order valence-electron chi connectivity index (χ0n) is 11.6.